The third-order valence-corrected chi connectivity index (χ3v) is 3.39. The Bertz CT molecular complexity index is 487. The van der Waals surface area contributed by atoms with E-state index in [-0.39, 0.29) is 0 Å². The highest BCUT2D eigenvalue weighted by Crippen LogP contribution is 2.38. The molecule has 1 aliphatic rings. The standard InChI is InChI=1S/C14H16N2S.C2H6/c1-10(2)8-15-9-16-14-11(3)17-13-7-5-4-6-12(13)14;1-2/h4-7,9-10H,3,8H2,1-2H3;1-2H3. The van der Waals surface area contributed by atoms with E-state index in [4.69, 9.17) is 0 Å². The number of nitrogens with zero attached hydrogens (tertiary/aromatic N) is 2. The van der Waals surface area contributed by atoms with Crippen LogP contribution in [0.5, 0.6) is 0 Å². The molecule has 0 fully saturated rings. The van der Waals surface area contributed by atoms with Crippen molar-refractivity contribution in [2.75, 3.05) is 6.54 Å². The lowest BCUT2D eigenvalue weighted by atomic mass is 10.1. The van der Waals surface area contributed by atoms with Gasteiger partial charge in [-0.3, -0.25) is 4.99 Å². The van der Waals surface area contributed by atoms with Gasteiger partial charge in [0.25, 0.3) is 0 Å². The van der Waals surface area contributed by atoms with E-state index in [0.717, 1.165) is 17.2 Å². The molecule has 2 rings (SSSR count). The molecule has 0 aromatic heterocycles. The monoisotopic (exact) mass is 274 g/mol. The predicted molar refractivity (Wildman–Crippen MR) is 87.5 cm³/mol. The third-order valence-electron chi connectivity index (χ3n) is 2.38. The van der Waals surface area contributed by atoms with Gasteiger partial charge in [-0.05, 0) is 12.0 Å². The van der Waals surface area contributed by atoms with E-state index in [2.05, 4.69) is 42.5 Å². The van der Waals surface area contributed by atoms with Gasteiger partial charge < -0.3 is 0 Å². The van der Waals surface area contributed by atoms with Crippen LogP contribution < -0.4 is 0 Å². The summed E-state index contributed by atoms with van der Waals surface area (Å²) >= 11 is 1.68. The smallest absolute Gasteiger partial charge is 0.110 e. The fourth-order valence-electron chi connectivity index (χ4n) is 1.58. The van der Waals surface area contributed by atoms with Crippen molar-refractivity contribution in [3.05, 3.63) is 41.3 Å². The van der Waals surface area contributed by atoms with Crippen molar-refractivity contribution in [3.63, 3.8) is 0 Å². The summed E-state index contributed by atoms with van der Waals surface area (Å²) in [5, 5.41) is 0. The number of benzene rings is 1. The summed E-state index contributed by atoms with van der Waals surface area (Å²) in [6.07, 6.45) is 1.66. The maximum atomic E-state index is 4.42. The quantitative estimate of drug-likeness (QED) is 0.573. The van der Waals surface area contributed by atoms with E-state index in [1.54, 1.807) is 18.1 Å². The first-order valence-corrected chi connectivity index (χ1v) is 7.52. The Kier molecular flexibility index (Phi) is 6.57. The molecule has 3 heteroatoms. The number of fused-ring (bicyclic) bond motifs is 1. The molecule has 0 unspecified atom stereocenters. The fourth-order valence-corrected chi connectivity index (χ4v) is 2.53. The first kappa shape index (κ1) is 15.7. The molecule has 1 aliphatic heterocycles. The minimum Gasteiger partial charge on any atom is -0.273 e. The first-order chi connectivity index (χ1) is 9.18. The fraction of sp³-hybridized carbons (Fsp3) is 0.375. The van der Waals surface area contributed by atoms with E-state index >= 15 is 0 Å². The van der Waals surface area contributed by atoms with E-state index in [9.17, 15) is 0 Å². The van der Waals surface area contributed by atoms with Crippen LogP contribution in [0.2, 0.25) is 0 Å². The predicted octanol–water partition coefficient (Wildman–Crippen LogP) is 4.81. The lowest BCUT2D eigenvalue weighted by molar-refractivity contribution is 0.667. The van der Waals surface area contributed by atoms with Crippen LogP contribution in [-0.4, -0.2) is 18.6 Å². The minimum atomic E-state index is 0.569. The van der Waals surface area contributed by atoms with E-state index in [1.807, 2.05) is 26.0 Å². The first-order valence-electron chi connectivity index (χ1n) is 6.71. The van der Waals surface area contributed by atoms with Crippen molar-refractivity contribution in [3.8, 4) is 0 Å². The minimum absolute atomic E-state index is 0.569. The zero-order chi connectivity index (χ0) is 14.3. The molecule has 19 heavy (non-hydrogen) atoms. The van der Waals surface area contributed by atoms with Gasteiger partial charge in [0.05, 0.1) is 5.71 Å². The Morgan fingerprint density at radius 2 is 1.95 bits per heavy atom. The zero-order valence-electron chi connectivity index (χ0n) is 12.2. The number of thioether (sulfide) groups is 1. The van der Waals surface area contributed by atoms with Crippen LogP contribution in [0.1, 0.15) is 33.3 Å². The average molecular weight is 274 g/mol. The van der Waals surface area contributed by atoms with Crippen LogP contribution in [-0.2, 0) is 0 Å². The van der Waals surface area contributed by atoms with Gasteiger partial charge in [-0.1, -0.05) is 64.2 Å². The summed E-state index contributed by atoms with van der Waals surface area (Å²) in [6, 6.07) is 8.24. The molecule has 1 heterocycles. The highest BCUT2D eigenvalue weighted by Gasteiger charge is 2.20. The van der Waals surface area contributed by atoms with Gasteiger partial charge in [-0.25, -0.2) is 4.99 Å². The van der Waals surface area contributed by atoms with Crippen molar-refractivity contribution in [1.29, 1.82) is 0 Å². The molecule has 2 nitrogen and oxygen atoms in total. The van der Waals surface area contributed by atoms with Gasteiger partial charge in [-0.15, -0.1) is 0 Å². The Hall–Kier alpha value is -1.35. The molecule has 0 amide bonds. The lowest BCUT2D eigenvalue weighted by Gasteiger charge is -1.97. The second-order valence-electron chi connectivity index (χ2n) is 4.37. The second kappa shape index (κ2) is 7.95. The van der Waals surface area contributed by atoms with Crippen molar-refractivity contribution >= 4 is 23.8 Å². The van der Waals surface area contributed by atoms with Crippen molar-refractivity contribution < 1.29 is 0 Å². The van der Waals surface area contributed by atoms with Crippen molar-refractivity contribution in [2.45, 2.75) is 32.6 Å². The normalized spacial score (nSPS) is 15.8. The molecule has 0 spiro atoms. The molecule has 1 aromatic rings. The summed E-state index contributed by atoms with van der Waals surface area (Å²) in [5.41, 5.74) is 2.12. The topological polar surface area (TPSA) is 24.7 Å². The molecule has 0 saturated heterocycles. The molecule has 0 bridgehead atoms. The molecule has 0 saturated carbocycles. The van der Waals surface area contributed by atoms with Crippen LogP contribution in [0.25, 0.3) is 0 Å². The molecule has 0 radical (unpaired) electrons. The zero-order valence-corrected chi connectivity index (χ0v) is 13.0. The summed E-state index contributed by atoms with van der Waals surface area (Å²) < 4.78 is 0. The molecule has 0 aliphatic carbocycles. The Morgan fingerprint density at radius 3 is 2.63 bits per heavy atom. The largest absolute Gasteiger partial charge is 0.273 e. The van der Waals surface area contributed by atoms with E-state index < -0.39 is 0 Å². The van der Waals surface area contributed by atoms with Crippen LogP contribution >= 0.6 is 11.8 Å². The van der Waals surface area contributed by atoms with Crippen molar-refractivity contribution in [1.82, 2.24) is 0 Å². The SMILES string of the molecule is C=C1Sc2ccccc2C1=NC=NCC(C)C.CC. The number of rotatable bonds is 3. The highest BCUT2D eigenvalue weighted by molar-refractivity contribution is 8.04. The highest BCUT2D eigenvalue weighted by atomic mass is 32.2. The summed E-state index contributed by atoms with van der Waals surface area (Å²) in [5.74, 6) is 0.569. The second-order valence-corrected chi connectivity index (χ2v) is 5.51. The van der Waals surface area contributed by atoms with Gasteiger partial charge >= 0.3 is 0 Å². The molecular weight excluding hydrogens is 252 g/mol. The van der Waals surface area contributed by atoms with Crippen LogP contribution in [0.3, 0.4) is 0 Å². The van der Waals surface area contributed by atoms with Gasteiger partial charge in [0.2, 0.25) is 0 Å². The van der Waals surface area contributed by atoms with Crippen LogP contribution in [0.4, 0.5) is 0 Å². The molecule has 1 aromatic carbocycles. The molecule has 102 valence electrons. The van der Waals surface area contributed by atoms with Crippen molar-refractivity contribution in [2.24, 2.45) is 15.9 Å². The van der Waals surface area contributed by atoms with Crippen LogP contribution in [0, 0.1) is 5.92 Å². The third kappa shape index (κ3) is 4.35. The Labute approximate surface area is 120 Å². The average Bonchev–Trinajstić information content (AvgIpc) is 2.73. The lowest BCUT2D eigenvalue weighted by Crippen LogP contribution is -1.97. The van der Waals surface area contributed by atoms with Gasteiger partial charge in [-0.2, -0.15) is 0 Å². The van der Waals surface area contributed by atoms with Gasteiger partial charge in [0.15, 0.2) is 0 Å². The van der Waals surface area contributed by atoms with Crippen LogP contribution in [0.15, 0.2) is 50.6 Å². The van der Waals surface area contributed by atoms with Gasteiger partial charge in [0, 0.05) is 21.9 Å². The number of allylic oxidation sites excluding steroid dienone is 1. The number of aliphatic imine (C=N–C) groups is 2. The Morgan fingerprint density at radius 1 is 1.26 bits per heavy atom. The summed E-state index contributed by atoms with van der Waals surface area (Å²) in [4.78, 5) is 10.9. The molecule has 0 N–H and O–H groups in total. The number of hydrogen-bond donors (Lipinski definition) is 0. The summed E-state index contributed by atoms with van der Waals surface area (Å²) in [6.45, 7) is 13.1. The molecule has 0 atom stereocenters. The summed E-state index contributed by atoms with van der Waals surface area (Å²) in [7, 11) is 0. The maximum absolute atomic E-state index is 4.42. The van der Waals surface area contributed by atoms with Gasteiger partial charge in [0.1, 0.15) is 6.34 Å². The van der Waals surface area contributed by atoms with E-state index in [1.165, 1.54) is 10.5 Å². The molecular formula is C16H22N2S. The Balaban J connectivity index is 0.000000861. The van der Waals surface area contributed by atoms with E-state index in [0.29, 0.717) is 5.92 Å². The number of hydrogen-bond acceptors (Lipinski definition) is 2. The maximum Gasteiger partial charge on any atom is 0.110 e.